The molecule has 0 aliphatic heterocycles. The Morgan fingerprint density at radius 1 is 1.30 bits per heavy atom. The third kappa shape index (κ3) is 0.641. The summed E-state index contributed by atoms with van der Waals surface area (Å²) in [4.78, 5) is 0. The minimum absolute atomic E-state index is 0.490. The summed E-state index contributed by atoms with van der Waals surface area (Å²) < 4.78 is 25.2. The quantitative estimate of drug-likeness (QED) is 0.550. The lowest BCUT2D eigenvalue weighted by molar-refractivity contribution is 0.0466. The normalized spacial score (nSPS) is 50.1. The van der Waals surface area contributed by atoms with Gasteiger partial charge in [-0.25, -0.2) is 8.78 Å². The molecule has 1 nitrogen and oxygen atoms in total. The minimum atomic E-state index is -2.53. The second kappa shape index (κ2) is 1.70. The van der Waals surface area contributed by atoms with E-state index in [-0.39, 0.29) is 0 Å². The van der Waals surface area contributed by atoms with E-state index < -0.39 is 23.9 Å². The molecule has 3 heteroatoms. The molecule has 0 aromatic heterocycles. The predicted molar refractivity (Wildman–Crippen MR) is 31.8 cm³/mol. The van der Waals surface area contributed by atoms with Gasteiger partial charge in [0.1, 0.15) is 0 Å². The highest BCUT2D eigenvalue weighted by atomic mass is 19.3. The van der Waals surface area contributed by atoms with Crippen molar-refractivity contribution < 1.29 is 13.9 Å². The van der Waals surface area contributed by atoms with E-state index in [4.69, 9.17) is 5.11 Å². The molecule has 0 radical (unpaired) electrons. The van der Waals surface area contributed by atoms with Crippen LogP contribution in [0.25, 0.3) is 0 Å². The SMILES string of the molecule is O[C@@H]1CCC[C@@H]2[C@H]1C2(F)F. The van der Waals surface area contributed by atoms with E-state index in [0.29, 0.717) is 12.8 Å². The zero-order valence-corrected chi connectivity index (χ0v) is 5.56. The van der Waals surface area contributed by atoms with E-state index in [1.807, 2.05) is 0 Å². The van der Waals surface area contributed by atoms with Gasteiger partial charge in [0.15, 0.2) is 0 Å². The van der Waals surface area contributed by atoms with E-state index in [1.54, 1.807) is 0 Å². The maximum absolute atomic E-state index is 12.6. The number of halogens is 2. The highest BCUT2D eigenvalue weighted by Gasteiger charge is 2.71. The molecule has 2 rings (SSSR count). The first-order valence-corrected chi connectivity index (χ1v) is 3.70. The van der Waals surface area contributed by atoms with Crippen molar-refractivity contribution in [2.45, 2.75) is 31.3 Å². The van der Waals surface area contributed by atoms with Crippen LogP contribution in [0, 0.1) is 11.8 Å². The molecule has 0 amide bonds. The van der Waals surface area contributed by atoms with Crippen LogP contribution in [0.5, 0.6) is 0 Å². The summed E-state index contributed by atoms with van der Waals surface area (Å²) in [5.74, 6) is -3.71. The molecule has 2 aliphatic carbocycles. The Labute approximate surface area is 58.0 Å². The van der Waals surface area contributed by atoms with Crippen LogP contribution in [0.15, 0.2) is 0 Å². The van der Waals surface area contributed by atoms with Crippen molar-refractivity contribution in [2.24, 2.45) is 11.8 Å². The number of alkyl halides is 2. The number of aliphatic hydroxyl groups excluding tert-OH is 1. The summed E-state index contributed by atoms with van der Waals surface area (Å²) in [6.45, 7) is 0. The molecule has 0 spiro atoms. The Hall–Kier alpha value is -0.180. The second-order valence-electron chi connectivity index (χ2n) is 3.31. The molecule has 0 aromatic carbocycles. The van der Waals surface area contributed by atoms with Gasteiger partial charge in [0.05, 0.1) is 12.0 Å². The molecule has 0 bridgehead atoms. The summed E-state index contributed by atoms with van der Waals surface area (Å²) in [5, 5.41) is 9.07. The van der Waals surface area contributed by atoms with E-state index in [9.17, 15) is 8.78 Å². The lowest BCUT2D eigenvalue weighted by atomic mass is 9.98. The number of fused-ring (bicyclic) bond motifs is 1. The fourth-order valence-corrected chi connectivity index (χ4v) is 2.04. The third-order valence-corrected chi connectivity index (χ3v) is 2.69. The second-order valence-corrected chi connectivity index (χ2v) is 3.31. The smallest absolute Gasteiger partial charge is 0.257 e. The summed E-state index contributed by atoms with van der Waals surface area (Å²) in [5.41, 5.74) is 0. The highest BCUT2D eigenvalue weighted by molar-refractivity contribution is 5.10. The maximum Gasteiger partial charge on any atom is 0.257 e. The van der Waals surface area contributed by atoms with Gasteiger partial charge in [-0.2, -0.15) is 0 Å². The molecule has 2 fully saturated rings. The number of hydrogen-bond acceptors (Lipinski definition) is 1. The van der Waals surface area contributed by atoms with Crippen LogP contribution < -0.4 is 0 Å². The molecule has 2 aliphatic rings. The Balaban J connectivity index is 2.11. The van der Waals surface area contributed by atoms with Gasteiger partial charge in [-0.05, 0) is 12.8 Å². The summed E-state index contributed by atoms with van der Waals surface area (Å²) in [6.07, 6.45) is 1.21. The van der Waals surface area contributed by atoms with Gasteiger partial charge in [-0.3, -0.25) is 0 Å². The number of aliphatic hydroxyl groups is 1. The van der Waals surface area contributed by atoms with Gasteiger partial charge in [0.25, 0.3) is 5.92 Å². The van der Waals surface area contributed by atoms with Crippen molar-refractivity contribution >= 4 is 0 Å². The first-order valence-electron chi connectivity index (χ1n) is 3.70. The Kier molecular flexibility index (Phi) is 1.11. The molecule has 0 aromatic rings. The zero-order valence-electron chi connectivity index (χ0n) is 5.56. The largest absolute Gasteiger partial charge is 0.393 e. The van der Waals surface area contributed by atoms with Gasteiger partial charge in [0.2, 0.25) is 0 Å². The summed E-state index contributed by atoms with van der Waals surface area (Å²) >= 11 is 0. The fourth-order valence-electron chi connectivity index (χ4n) is 2.04. The molecule has 0 unspecified atom stereocenters. The van der Waals surface area contributed by atoms with Crippen LogP contribution in [0.3, 0.4) is 0 Å². The van der Waals surface area contributed by atoms with Crippen molar-refractivity contribution in [3.63, 3.8) is 0 Å². The Bertz CT molecular complexity index is 158. The van der Waals surface area contributed by atoms with Crippen LogP contribution in [0.4, 0.5) is 8.78 Å². The standard InChI is InChI=1S/C7H10F2O/c8-7(9)4-2-1-3-5(10)6(4)7/h4-6,10H,1-3H2/t4-,5-,6-/m1/s1. The zero-order chi connectivity index (χ0) is 7.35. The molecule has 2 saturated carbocycles. The first-order chi connectivity index (χ1) is 4.64. The molecule has 10 heavy (non-hydrogen) atoms. The molecule has 3 atom stereocenters. The first kappa shape index (κ1) is 6.53. The minimum Gasteiger partial charge on any atom is -0.393 e. The van der Waals surface area contributed by atoms with Crippen LogP contribution in [0.1, 0.15) is 19.3 Å². The van der Waals surface area contributed by atoms with Crippen molar-refractivity contribution in [1.29, 1.82) is 0 Å². The molecule has 0 saturated heterocycles. The van der Waals surface area contributed by atoms with Crippen molar-refractivity contribution in [1.82, 2.24) is 0 Å². The van der Waals surface area contributed by atoms with Crippen molar-refractivity contribution in [3.05, 3.63) is 0 Å². The average molecular weight is 148 g/mol. The lowest BCUT2D eigenvalue weighted by Crippen LogP contribution is -2.16. The van der Waals surface area contributed by atoms with E-state index in [0.717, 1.165) is 6.42 Å². The van der Waals surface area contributed by atoms with Crippen LogP contribution in [-0.2, 0) is 0 Å². The van der Waals surface area contributed by atoms with Crippen LogP contribution in [-0.4, -0.2) is 17.1 Å². The molecule has 0 heterocycles. The molecular weight excluding hydrogens is 138 g/mol. The molecule has 58 valence electrons. The Morgan fingerprint density at radius 3 is 2.50 bits per heavy atom. The summed E-state index contributed by atoms with van der Waals surface area (Å²) in [6, 6.07) is 0. The number of rotatable bonds is 0. The lowest BCUT2D eigenvalue weighted by Gasteiger charge is -2.12. The van der Waals surface area contributed by atoms with Gasteiger partial charge in [-0.15, -0.1) is 0 Å². The molecule has 1 N–H and O–H groups in total. The van der Waals surface area contributed by atoms with Crippen LogP contribution >= 0.6 is 0 Å². The van der Waals surface area contributed by atoms with Gasteiger partial charge in [-0.1, -0.05) is 6.42 Å². The average Bonchev–Trinajstić information content (AvgIpc) is 2.38. The van der Waals surface area contributed by atoms with Crippen molar-refractivity contribution in [3.8, 4) is 0 Å². The van der Waals surface area contributed by atoms with E-state index in [2.05, 4.69) is 0 Å². The highest BCUT2D eigenvalue weighted by Crippen LogP contribution is 2.62. The maximum atomic E-state index is 12.6. The van der Waals surface area contributed by atoms with E-state index >= 15 is 0 Å². The van der Waals surface area contributed by atoms with Gasteiger partial charge in [0, 0.05) is 5.92 Å². The monoisotopic (exact) mass is 148 g/mol. The number of hydrogen-bond donors (Lipinski definition) is 1. The molecular formula is C7H10F2O. The summed E-state index contributed by atoms with van der Waals surface area (Å²) in [7, 11) is 0. The van der Waals surface area contributed by atoms with Gasteiger partial charge < -0.3 is 5.11 Å². The fraction of sp³-hybridized carbons (Fsp3) is 1.00. The topological polar surface area (TPSA) is 20.2 Å². The Morgan fingerprint density at radius 2 is 2.00 bits per heavy atom. The predicted octanol–water partition coefficient (Wildman–Crippen LogP) is 1.41. The van der Waals surface area contributed by atoms with Gasteiger partial charge >= 0.3 is 0 Å². The third-order valence-electron chi connectivity index (χ3n) is 2.69. The van der Waals surface area contributed by atoms with Crippen LogP contribution in [0.2, 0.25) is 0 Å². The van der Waals surface area contributed by atoms with Crippen molar-refractivity contribution in [2.75, 3.05) is 0 Å². The van der Waals surface area contributed by atoms with E-state index in [1.165, 1.54) is 0 Å².